The van der Waals surface area contributed by atoms with Gasteiger partial charge in [0.2, 0.25) is 10.2 Å². The van der Waals surface area contributed by atoms with Crippen LogP contribution in [0.15, 0.2) is 58.1 Å². The first-order valence-corrected chi connectivity index (χ1v) is 11.0. The number of nitrogens with zero attached hydrogens (tertiary/aromatic N) is 4. The summed E-state index contributed by atoms with van der Waals surface area (Å²) in [4.78, 5) is 16.1. The zero-order valence-electron chi connectivity index (χ0n) is 18.1. The third-order valence-corrected chi connectivity index (χ3v) is 5.75. The lowest BCUT2D eigenvalue weighted by Gasteiger charge is -2.20. The Morgan fingerprint density at radius 1 is 1.20 bits per heavy atom. The Labute approximate surface area is 201 Å². The van der Waals surface area contributed by atoms with Crippen LogP contribution in [0, 0.1) is 16.7 Å². The van der Waals surface area contributed by atoms with Crippen molar-refractivity contribution < 1.29 is 27.4 Å². The smallest absolute Gasteiger partial charge is 0.441 e. The number of benzene rings is 2. The van der Waals surface area contributed by atoms with E-state index in [1.54, 1.807) is 49.4 Å². The topological polar surface area (TPSA) is 111 Å². The molecule has 0 radical (unpaired) electrons. The second-order valence-corrected chi connectivity index (χ2v) is 8.08. The van der Waals surface area contributed by atoms with Gasteiger partial charge in [-0.2, -0.15) is 33.5 Å². The minimum Gasteiger partial charge on any atom is -0.490 e. The number of amidine groups is 2. The highest BCUT2D eigenvalue weighted by molar-refractivity contribution is 8.27. The molecule has 8 nitrogen and oxygen atoms in total. The Morgan fingerprint density at radius 3 is 2.69 bits per heavy atom. The maximum Gasteiger partial charge on any atom is 0.441 e. The molecule has 2 aromatic rings. The second-order valence-electron chi connectivity index (χ2n) is 7.12. The van der Waals surface area contributed by atoms with E-state index in [9.17, 15) is 23.2 Å². The number of nitrogens with one attached hydrogen (secondary N) is 1. The predicted octanol–water partition coefficient (Wildman–Crippen LogP) is 4.72. The molecule has 0 aromatic heterocycles. The van der Waals surface area contributed by atoms with E-state index in [4.69, 9.17) is 14.9 Å². The van der Waals surface area contributed by atoms with Crippen molar-refractivity contribution in [2.45, 2.75) is 19.7 Å². The zero-order valence-corrected chi connectivity index (χ0v) is 18.9. The molecule has 2 heterocycles. The number of alkyl halides is 3. The Kier molecular flexibility index (Phi) is 6.61. The number of amides is 1. The first kappa shape index (κ1) is 24.0. The fourth-order valence-corrected chi connectivity index (χ4v) is 3.94. The SMILES string of the molecule is CCOc1cc(/C=C2\C(=N)N3N=C(C(F)(F)F)SC3=NC2=O)ccc1OCc1ccccc1C#N. The van der Waals surface area contributed by atoms with Gasteiger partial charge in [0.15, 0.2) is 17.3 Å². The van der Waals surface area contributed by atoms with Crippen molar-refractivity contribution in [1.29, 1.82) is 10.7 Å². The van der Waals surface area contributed by atoms with E-state index in [1.165, 1.54) is 6.08 Å². The molecule has 1 amide bonds. The van der Waals surface area contributed by atoms with Crippen molar-refractivity contribution in [2.75, 3.05) is 6.61 Å². The lowest BCUT2D eigenvalue weighted by atomic mass is 10.1. The number of rotatable bonds is 6. The van der Waals surface area contributed by atoms with Gasteiger partial charge in [0.1, 0.15) is 6.61 Å². The lowest BCUT2D eigenvalue weighted by Crippen LogP contribution is -2.35. The summed E-state index contributed by atoms with van der Waals surface area (Å²) in [5, 5.41) is 20.0. The van der Waals surface area contributed by atoms with Gasteiger partial charge in [0.05, 0.1) is 23.8 Å². The molecule has 4 rings (SSSR count). The van der Waals surface area contributed by atoms with Crippen molar-refractivity contribution in [2.24, 2.45) is 10.1 Å². The molecule has 0 atom stereocenters. The zero-order chi connectivity index (χ0) is 25.2. The number of aliphatic imine (C=N–C) groups is 1. The quantitative estimate of drug-likeness (QED) is 0.576. The van der Waals surface area contributed by atoms with Crippen LogP contribution in [-0.4, -0.2) is 39.7 Å². The molecule has 0 bridgehead atoms. The number of ether oxygens (including phenoxy) is 2. The van der Waals surface area contributed by atoms with Gasteiger partial charge >= 0.3 is 6.18 Å². The maximum absolute atomic E-state index is 13.0. The number of nitriles is 1. The fourth-order valence-electron chi connectivity index (χ4n) is 3.19. The van der Waals surface area contributed by atoms with Crippen LogP contribution in [0.3, 0.4) is 0 Å². The predicted molar refractivity (Wildman–Crippen MR) is 124 cm³/mol. The molecule has 2 aliphatic heterocycles. The van der Waals surface area contributed by atoms with Gasteiger partial charge in [-0.1, -0.05) is 24.3 Å². The molecule has 0 unspecified atom stereocenters. The monoisotopic (exact) mass is 499 g/mol. The number of halogens is 3. The molecule has 2 aliphatic rings. The van der Waals surface area contributed by atoms with Gasteiger partial charge < -0.3 is 9.47 Å². The summed E-state index contributed by atoms with van der Waals surface area (Å²) in [7, 11) is 0. The minimum absolute atomic E-state index is 0.122. The normalized spacial score (nSPS) is 16.5. The van der Waals surface area contributed by atoms with E-state index in [2.05, 4.69) is 16.2 Å². The number of thioether (sulfide) groups is 1. The summed E-state index contributed by atoms with van der Waals surface area (Å²) < 4.78 is 50.5. The average Bonchev–Trinajstić information content (AvgIpc) is 3.26. The third-order valence-electron chi connectivity index (χ3n) is 4.80. The molecule has 2 aromatic carbocycles. The first-order chi connectivity index (χ1) is 16.7. The highest BCUT2D eigenvalue weighted by atomic mass is 32.2. The summed E-state index contributed by atoms with van der Waals surface area (Å²) in [6.45, 7) is 2.21. The summed E-state index contributed by atoms with van der Waals surface area (Å²) >= 11 is 0.190. The van der Waals surface area contributed by atoms with E-state index >= 15 is 0 Å². The molecule has 0 saturated heterocycles. The van der Waals surface area contributed by atoms with E-state index in [0.717, 1.165) is 0 Å². The van der Waals surface area contributed by atoms with Crippen LogP contribution in [0.2, 0.25) is 0 Å². The van der Waals surface area contributed by atoms with Crippen LogP contribution in [0.1, 0.15) is 23.6 Å². The van der Waals surface area contributed by atoms with Crippen LogP contribution < -0.4 is 9.47 Å². The molecule has 0 aliphatic carbocycles. The van der Waals surface area contributed by atoms with Gasteiger partial charge in [-0.15, -0.1) is 0 Å². The fraction of sp³-hybridized carbons (Fsp3) is 0.174. The molecule has 1 N–H and O–H groups in total. The van der Waals surface area contributed by atoms with Gasteiger partial charge in [-0.05, 0) is 48.5 Å². The van der Waals surface area contributed by atoms with Crippen LogP contribution in [0.5, 0.6) is 11.5 Å². The minimum atomic E-state index is -4.71. The number of hydrazone groups is 1. The molecule has 178 valence electrons. The molecule has 0 fully saturated rings. The Hall–Kier alpha value is -4.11. The summed E-state index contributed by atoms with van der Waals surface area (Å²) in [6.07, 6.45) is -3.39. The Morgan fingerprint density at radius 2 is 1.97 bits per heavy atom. The molecular weight excluding hydrogens is 483 g/mol. The van der Waals surface area contributed by atoms with Gasteiger partial charge in [0.25, 0.3) is 5.91 Å². The number of hydrogen-bond donors (Lipinski definition) is 1. The molecular formula is C23H16F3N5O3S. The first-order valence-electron chi connectivity index (χ1n) is 10.2. The number of carbonyl (C=O) groups excluding carboxylic acids is 1. The molecule has 35 heavy (non-hydrogen) atoms. The Balaban J connectivity index is 1.60. The average molecular weight is 499 g/mol. The maximum atomic E-state index is 13.0. The number of fused-ring (bicyclic) bond motifs is 1. The van der Waals surface area contributed by atoms with Crippen molar-refractivity contribution in [3.05, 3.63) is 64.7 Å². The molecule has 0 spiro atoms. The number of hydrogen-bond acceptors (Lipinski definition) is 7. The third kappa shape index (κ3) is 5.04. The summed E-state index contributed by atoms with van der Waals surface area (Å²) in [5.41, 5.74) is 1.40. The van der Waals surface area contributed by atoms with Crippen molar-refractivity contribution in [3.63, 3.8) is 0 Å². The van der Waals surface area contributed by atoms with Gasteiger partial charge in [-0.3, -0.25) is 10.2 Å². The summed E-state index contributed by atoms with van der Waals surface area (Å²) in [5.74, 6) is -0.622. The van der Waals surface area contributed by atoms with E-state index < -0.39 is 23.0 Å². The summed E-state index contributed by atoms with van der Waals surface area (Å²) in [6, 6.07) is 13.9. The van der Waals surface area contributed by atoms with Crippen LogP contribution >= 0.6 is 11.8 Å². The van der Waals surface area contributed by atoms with Gasteiger partial charge in [-0.25, -0.2) is 0 Å². The van der Waals surface area contributed by atoms with Crippen molar-refractivity contribution in [3.8, 4) is 17.6 Å². The van der Waals surface area contributed by atoms with E-state index in [-0.39, 0.29) is 29.1 Å². The van der Waals surface area contributed by atoms with Crippen LogP contribution in [0.4, 0.5) is 13.2 Å². The molecule has 12 heteroatoms. The van der Waals surface area contributed by atoms with Crippen molar-refractivity contribution in [1.82, 2.24) is 5.01 Å². The molecule has 0 saturated carbocycles. The Bertz CT molecular complexity index is 1340. The van der Waals surface area contributed by atoms with Crippen molar-refractivity contribution >= 4 is 39.8 Å². The van der Waals surface area contributed by atoms with E-state index in [0.29, 0.717) is 39.8 Å². The lowest BCUT2D eigenvalue weighted by molar-refractivity contribution is -0.114. The van der Waals surface area contributed by atoms with E-state index in [1.807, 2.05) is 0 Å². The second kappa shape index (κ2) is 9.63. The van der Waals surface area contributed by atoms with Crippen LogP contribution in [0.25, 0.3) is 6.08 Å². The van der Waals surface area contributed by atoms with Crippen LogP contribution in [-0.2, 0) is 11.4 Å². The standard InChI is InChI=1S/C23H16F3N5O3S/c1-2-33-18-10-13(7-8-17(18)34-12-15-6-4-3-5-14(15)11-27)9-16-19(28)31-22(29-20(16)32)35-21(30-31)23(24,25)26/h3-10,28H,2,12H2,1H3/b16-9+,28-19?. The highest BCUT2D eigenvalue weighted by Gasteiger charge is 2.46. The number of carbonyl (C=O) groups is 1. The highest BCUT2D eigenvalue weighted by Crippen LogP contribution is 2.36. The largest absolute Gasteiger partial charge is 0.490 e. The van der Waals surface area contributed by atoms with Gasteiger partial charge in [0, 0.05) is 5.56 Å².